The quantitative estimate of drug-likeness (QED) is 0.538. The van der Waals surface area contributed by atoms with Crippen molar-refractivity contribution in [1.82, 2.24) is 19.6 Å². The van der Waals surface area contributed by atoms with E-state index in [2.05, 4.69) is 33.5 Å². The fourth-order valence-electron chi connectivity index (χ4n) is 2.78. The number of hydrogen-bond acceptors (Lipinski definition) is 6. The van der Waals surface area contributed by atoms with E-state index in [9.17, 15) is 4.79 Å². The third-order valence-corrected chi connectivity index (χ3v) is 5.99. The lowest BCUT2D eigenvalue weighted by molar-refractivity contribution is -0.115. The number of benzene rings is 1. The number of thioether (sulfide) groups is 1. The van der Waals surface area contributed by atoms with Gasteiger partial charge in [0.15, 0.2) is 15.9 Å². The zero-order valence-corrected chi connectivity index (χ0v) is 16.2. The summed E-state index contributed by atoms with van der Waals surface area (Å²) in [7, 11) is 0. The fourth-order valence-corrected chi connectivity index (χ4v) is 4.34. The molecule has 1 unspecified atom stereocenters. The number of anilines is 1. The molecule has 0 bridgehead atoms. The Bertz CT molecular complexity index is 1120. The molecule has 132 valence electrons. The van der Waals surface area contributed by atoms with Crippen LogP contribution in [0.2, 0.25) is 0 Å². The average molecular weight is 384 g/mol. The van der Waals surface area contributed by atoms with Crippen LogP contribution >= 0.6 is 23.1 Å². The molecule has 1 aromatic carbocycles. The van der Waals surface area contributed by atoms with E-state index in [1.54, 1.807) is 0 Å². The van der Waals surface area contributed by atoms with Gasteiger partial charge in [0.2, 0.25) is 5.91 Å². The van der Waals surface area contributed by atoms with Crippen LogP contribution in [0.3, 0.4) is 0 Å². The summed E-state index contributed by atoms with van der Waals surface area (Å²) in [5, 5.41) is 15.5. The van der Waals surface area contributed by atoms with Crippen molar-refractivity contribution >= 4 is 50.7 Å². The van der Waals surface area contributed by atoms with E-state index in [1.165, 1.54) is 23.1 Å². The monoisotopic (exact) mass is 383 g/mol. The summed E-state index contributed by atoms with van der Waals surface area (Å²) in [5.41, 5.74) is 3.88. The lowest BCUT2D eigenvalue weighted by atomic mass is 10.1. The van der Waals surface area contributed by atoms with Crippen molar-refractivity contribution in [3.8, 4) is 0 Å². The van der Waals surface area contributed by atoms with Gasteiger partial charge in [-0.3, -0.25) is 9.20 Å². The summed E-state index contributed by atoms with van der Waals surface area (Å²) in [6.45, 7) is 5.83. The van der Waals surface area contributed by atoms with E-state index in [0.29, 0.717) is 10.3 Å². The molecule has 8 heteroatoms. The number of rotatable bonds is 4. The molecule has 1 N–H and O–H groups in total. The van der Waals surface area contributed by atoms with Crippen LogP contribution in [0.4, 0.5) is 5.13 Å². The van der Waals surface area contributed by atoms with Crippen molar-refractivity contribution in [3.63, 3.8) is 0 Å². The first kappa shape index (κ1) is 17.0. The summed E-state index contributed by atoms with van der Waals surface area (Å²) >= 11 is 2.81. The van der Waals surface area contributed by atoms with Crippen molar-refractivity contribution < 1.29 is 4.79 Å². The zero-order valence-electron chi connectivity index (χ0n) is 14.6. The predicted octanol–water partition coefficient (Wildman–Crippen LogP) is 4.08. The van der Waals surface area contributed by atoms with Gasteiger partial charge in [0.25, 0.3) is 0 Å². The molecular formula is C18H17N5OS2. The number of pyridine rings is 1. The van der Waals surface area contributed by atoms with Crippen LogP contribution in [0.25, 0.3) is 16.6 Å². The normalized spacial score (nSPS) is 12.6. The molecule has 0 aliphatic carbocycles. The number of hydrogen-bond donors (Lipinski definition) is 1. The number of amides is 1. The molecule has 6 nitrogen and oxygen atoms in total. The van der Waals surface area contributed by atoms with Crippen LogP contribution in [0.15, 0.2) is 40.9 Å². The van der Waals surface area contributed by atoms with Gasteiger partial charge in [-0.15, -0.1) is 21.5 Å². The van der Waals surface area contributed by atoms with Crippen LogP contribution in [0.1, 0.15) is 18.2 Å². The van der Waals surface area contributed by atoms with Crippen LogP contribution in [-0.2, 0) is 4.79 Å². The van der Waals surface area contributed by atoms with Crippen molar-refractivity contribution in [2.75, 3.05) is 5.32 Å². The molecule has 0 saturated heterocycles. The number of nitrogens with one attached hydrogen (secondary N) is 1. The molecule has 4 aromatic rings. The molecular weight excluding hydrogens is 366 g/mol. The minimum atomic E-state index is -0.327. The summed E-state index contributed by atoms with van der Waals surface area (Å²) in [6.07, 6.45) is 0. The molecule has 0 spiro atoms. The van der Waals surface area contributed by atoms with Gasteiger partial charge in [-0.05, 0) is 38.5 Å². The minimum Gasteiger partial charge on any atom is -0.301 e. The van der Waals surface area contributed by atoms with Gasteiger partial charge in [-0.2, -0.15) is 0 Å². The maximum atomic E-state index is 12.5. The second kappa shape index (κ2) is 6.69. The van der Waals surface area contributed by atoms with Crippen molar-refractivity contribution in [1.29, 1.82) is 0 Å². The van der Waals surface area contributed by atoms with Crippen LogP contribution in [-0.4, -0.2) is 30.7 Å². The number of thiazole rings is 1. The Kier molecular flexibility index (Phi) is 4.37. The molecule has 4 rings (SSSR count). The highest BCUT2D eigenvalue weighted by molar-refractivity contribution is 8.00. The molecule has 1 amide bonds. The standard InChI is InChI=1S/C18H17N5OS2/c1-10-8-15-21-22-18(23(15)14-7-5-4-6-13(10)14)26-12(3)16(24)20-17-19-11(2)9-25-17/h4-9,12H,1-3H3,(H,19,20,24). The Hall–Kier alpha value is -2.45. The smallest absolute Gasteiger partial charge is 0.239 e. The number of carbonyl (C=O) groups excluding carboxylic acids is 1. The van der Waals surface area contributed by atoms with E-state index in [-0.39, 0.29) is 11.2 Å². The summed E-state index contributed by atoms with van der Waals surface area (Å²) in [4.78, 5) is 16.8. The fraction of sp³-hybridized carbons (Fsp3) is 0.222. The van der Waals surface area contributed by atoms with Crippen LogP contribution in [0.5, 0.6) is 0 Å². The maximum Gasteiger partial charge on any atom is 0.239 e. The van der Waals surface area contributed by atoms with Gasteiger partial charge in [0, 0.05) is 10.8 Å². The van der Waals surface area contributed by atoms with Gasteiger partial charge in [0.05, 0.1) is 16.5 Å². The SMILES string of the molecule is Cc1csc(NC(=O)C(C)Sc2nnc3cc(C)c4ccccc4n23)n1. The van der Waals surface area contributed by atoms with Crippen LogP contribution in [0, 0.1) is 13.8 Å². The topological polar surface area (TPSA) is 72.2 Å². The van der Waals surface area contributed by atoms with E-state index < -0.39 is 0 Å². The van der Waals surface area contributed by atoms with Gasteiger partial charge < -0.3 is 5.32 Å². The molecule has 26 heavy (non-hydrogen) atoms. The lowest BCUT2D eigenvalue weighted by Gasteiger charge is -2.11. The Morgan fingerprint density at radius 2 is 2.08 bits per heavy atom. The number of aryl methyl sites for hydroxylation is 2. The Morgan fingerprint density at radius 3 is 2.85 bits per heavy atom. The Labute approximate surface area is 158 Å². The minimum absolute atomic E-state index is 0.0995. The second-order valence-electron chi connectivity index (χ2n) is 6.06. The number of carbonyl (C=O) groups is 1. The molecule has 0 saturated carbocycles. The third kappa shape index (κ3) is 3.06. The van der Waals surface area contributed by atoms with E-state index in [0.717, 1.165) is 27.8 Å². The molecule has 0 radical (unpaired) electrons. The van der Waals surface area contributed by atoms with Crippen molar-refractivity contribution in [3.05, 3.63) is 47.0 Å². The van der Waals surface area contributed by atoms with Crippen LogP contribution < -0.4 is 5.32 Å². The summed E-state index contributed by atoms with van der Waals surface area (Å²) < 4.78 is 2.00. The Morgan fingerprint density at radius 1 is 1.27 bits per heavy atom. The van der Waals surface area contributed by atoms with E-state index >= 15 is 0 Å². The maximum absolute atomic E-state index is 12.5. The first-order valence-electron chi connectivity index (χ1n) is 8.16. The largest absolute Gasteiger partial charge is 0.301 e. The molecule has 3 aromatic heterocycles. The van der Waals surface area contributed by atoms with Crippen molar-refractivity contribution in [2.45, 2.75) is 31.2 Å². The lowest BCUT2D eigenvalue weighted by Crippen LogP contribution is -2.22. The van der Waals surface area contributed by atoms with Gasteiger partial charge in [-0.25, -0.2) is 4.98 Å². The molecule has 0 fully saturated rings. The number of aromatic nitrogens is 4. The predicted molar refractivity (Wildman–Crippen MR) is 106 cm³/mol. The zero-order chi connectivity index (χ0) is 18.3. The van der Waals surface area contributed by atoms with E-state index in [1.807, 2.05) is 47.9 Å². The molecule has 3 heterocycles. The molecule has 0 aliphatic rings. The van der Waals surface area contributed by atoms with Gasteiger partial charge >= 0.3 is 0 Å². The van der Waals surface area contributed by atoms with Gasteiger partial charge in [0.1, 0.15) is 0 Å². The first-order valence-corrected chi connectivity index (χ1v) is 9.92. The first-order chi connectivity index (χ1) is 12.5. The third-order valence-electron chi connectivity index (χ3n) is 4.07. The van der Waals surface area contributed by atoms with Gasteiger partial charge in [-0.1, -0.05) is 30.0 Å². The Balaban J connectivity index is 1.64. The van der Waals surface area contributed by atoms with Crippen molar-refractivity contribution in [2.24, 2.45) is 0 Å². The van der Waals surface area contributed by atoms with E-state index in [4.69, 9.17) is 0 Å². The average Bonchev–Trinajstić information content (AvgIpc) is 3.21. The highest BCUT2D eigenvalue weighted by Crippen LogP contribution is 2.28. The second-order valence-corrected chi connectivity index (χ2v) is 8.23. The summed E-state index contributed by atoms with van der Waals surface area (Å²) in [5.74, 6) is -0.0995. The number of para-hydroxylation sites is 1. The summed E-state index contributed by atoms with van der Waals surface area (Å²) in [6, 6.07) is 10.2. The molecule has 0 aliphatic heterocycles. The highest BCUT2D eigenvalue weighted by atomic mass is 32.2. The highest BCUT2D eigenvalue weighted by Gasteiger charge is 2.20. The molecule has 1 atom stereocenters. The number of fused-ring (bicyclic) bond motifs is 3. The number of nitrogens with zero attached hydrogens (tertiary/aromatic N) is 4.